The number of imidazole rings is 1. The average Bonchev–Trinajstić information content (AvgIpc) is 2.59. The summed E-state index contributed by atoms with van der Waals surface area (Å²) in [5.74, 6) is -0.230. The second-order valence-electron chi connectivity index (χ2n) is 4.28. The van der Waals surface area contributed by atoms with Crippen LogP contribution in [0.1, 0.15) is 17.6 Å². The van der Waals surface area contributed by atoms with Crippen LogP contribution in [-0.2, 0) is 16.6 Å². The van der Waals surface area contributed by atoms with E-state index in [1.54, 1.807) is 18.5 Å². The van der Waals surface area contributed by atoms with Crippen LogP contribution in [-0.4, -0.2) is 51.8 Å². The molecule has 1 aromatic rings. The number of hydrogen-bond donors (Lipinski definition) is 1. The number of aryl methyl sites for hydroxylation is 1. The van der Waals surface area contributed by atoms with Crippen LogP contribution in [0.25, 0.3) is 0 Å². The quantitative estimate of drug-likeness (QED) is 0.884. The van der Waals surface area contributed by atoms with E-state index in [1.165, 1.54) is 0 Å². The van der Waals surface area contributed by atoms with E-state index in [0.29, 0.717) is 43.0 Å². The minimum absolute atomic E-state index is 0.381. The first kappa shape index (κ1) is 13.3. The summed E-state index contributed by atoms with van der Waals surface area (Å²) < 4.78 is 6.92. The number of aliphatic carboxylic acids is 1. The highest BCUT2D eigenvalue weighted by atomic mass is 35.5. The maximum absolute atomic E-state index is 11.5. The first-order valence-electron chi connectivity index (χ1n) is 5.75. The van der Waals surface area contributed by atoms with Crippen molar-refractivity contribution in [3.8, 4) is 0 Å². The summed E-state index contributed by atoms with van der Waals surface area (Å²) in [6, 6.07) is -0.804. The highest BCUT2D eigenvalue weighted by Crippen LogP contribution is 2.28. The van der Waals surface area contributed by atoms with E-state index in [9.17, 15) is 9.90 Å². The lowest BCUT2D eigenvalue weighted by atomic mass is 10.1. The zero-order chi connectivity index (χ0) is 13.3. The van der Waals surface area contributed by atoms with Gasteiger partial charge in [0.25, 0.3) is 0 Å². The summed E-state index contributed by atoms with van der Waals surface area (Å²) in [5, 5.41) is 9.79. The van der Waals surface area contributed by atoms with Crippen molar-refractivity contribution in [1.29, 1.82) is 0 Å². The van der Waals surface area contributed by atoms with Gasteiger partial charge >= 0.3 is 5.97 Å². The van der Waals surface area contributed by atoms with Crippen LogP contribution in [0.5, 0.6) is 0 Å². The summed E-state index contributed by atoms with van der Waals surface area (Å²) in [4.78, 5) is 17.6. The van der Waals surface area contributed by atoms with Gasteiger partial charge < -0.3 is 14.4 Å². The zero-order valence-corrected chi connectivity index (χ0v) is 11.1. The fourth-order valence-electron chi connectivity index (χ4n) is 2.07. The molecule has 1 unspecified atom stereocenters. The molecule has 1 aromatic heterocycles. The van der Waals surface area contributed by atoms with Crippen LogP contribution >= 0.6 is 11.6 Å². The Morgan fingerprint density at radius 3 is 2.56 bits per heavy atom. The molecule has 2 heterocycles. The fourth-order valence-corrected chi connectivity index (χ4v) is 2.33. The lowest BCUT2D eigenvalue weighted by Gasteiger charge is -2.31. The number of halogens is 1. The molecule has 7 heteroatoms. The predicted molar refractivity (Wildman–Crippen MR) is 65.7 cm³/mol. The Morgan fingerprint density at radius 2 is 2.11 bits per heavy atom. The summed E-state index contributed by atoms with van der Waals surface area (Å²) >= 11 is 6.15. The van der Waals surface area contributed by atoms with Gasteiger partial charge in [0.15, 0.2) is 6.04 Å². The van der Waals surface area contributed by atoms with E-state index in [0.717, 1.165) is 0 Å². The molecule has 0 aromatic carbocycles. The van der Waals surface area contributed by atoms with Gasteiger partial charge in [0.2, 0.25) is 0 Å². The molecule has 2 rings (SSSR count). The van der Waals surface area contributed by atoms with Crippen molar-refractivity contribution in [2.75, 3.05) is 26.3 Å². The molecule has 100 valence electrons. The van der Waals surface area contributed by atoms with Crippen LogP contribution in [0.15, 0.2) is 0 Å². The molecule has 0 saturated carbocycles. The molecule has 1 aliphatic heterocycles. The largest absolute Gasteiger partial charge is 0.480 e. The third kappa shape index (κ3) is 2.36. The molecular formula is C11H16ClN3O3. The topological polar surface area (TPSA) is 67.6 Å². The van der Waals surface area contributed by atoms with Gasteiger partial charge in [0, 0.05) is 20.1 Å². The number of carboxylic acid groups (broad SMARTS) is 1. The van der Waals surface area contributed by atoms with E-state index >= 15 is 0 Å². The molecule has 0 spiro atoms. The van der Waals surface area contributed by atoms with E-state index in [4.69, 9.17) is 16.3 Å². The number of morpholine rings is 1. The normalized spacial score (nSPS) is 18.8. The van der Waals surface area contributed by atoms with Crippen molar-refractivity contribution in [3.63, 3.8) is 0 Å². The van der Waals surface area contributed by atoms with Crippen molar-refractivity contribution in [2.24, 2.45) is 7.05 Å². The first-order chi connectivity index (χ1) is 8.52. The monoisotopic (exact) mass is 273 g/mol. The van der Waals surface area contributed by atoms with Gasteiger partial charge in [-0.15, -0.1) is 0 Å². The van der Waals surface area contributed by atoms with E-state index in [-0.39, 0.29) is 0 Å². The maximum Gasteiger partial charge on any atom is 0.327 e. The average molecular weight is 274 g/mol. The van der Waals surface area contributed by atoms with Crippen molar-refractivity contribution in [1.82, 2.24) is 14.5 Å². The number of carboxylic acids is 1. The lowest BCUT2D eigenvalue weighted by Crippen LogP contribution is -2.42. The molecule has 1 aliphatic rings. The van der Waals surface area contributed by atoms with Gasteiger partial charge in [-0.1, -0.05) is 11.6 Å². The van der Waals surface area contributed by atoms with Crippen LogP contribution in [0.4, 0.5) is 0 Å². The molecule has 1 N–H and O–H groups in total. The van der Waals surface area contributed by atoms with E-state index < -0.39 is 12.0 Å². The van der Waals surface area contributed by atoms with Crippen LogP contribution in [0, 0.1) is 6.92 Å². The summed E-state index contributed by atoms with van der Waals surface area (Å²) in [7, 11) is 1.77. The minimum atomic E-state index is -0.933. The molecule has 1 saturated heterocycles. The zero-order valence-electron chi connectivity index (χ0n) is 10.4. The van der Waals surface area contributed by atoms with Gasteiger partial charge in [-0.2, -0.15) is 0 Å². The van der Waals surface area contributed by atoms with Crippen LogP contribution in [0.2, 0.25) is 5.15 Å². The highest BCUT2D eigenvalue weighted by Gasteiger charge is 2.33. The third-order valence-electron chi connectivity index (χ3n) is 3.18. The Labute approximate surface area is 110 Å². The van der Waals surface area contributed by atoms with Crippen LogP contribution < -0.4 is 0 Å². The molecule has 18 heavy (non-hydrogen) atoms. The highest BCUT2D eigenvalue weighted by molar-refractivity contribution is 6.30. The number of carbonyl (C=O) groups is 1. The van der Waals surface area contributed by atoms with Crippen molar-refractivity contribution in [3.05, 3.63) is 16.7 Å². The molecular weight excluding hydrogens is 258 g/mol. The number of ether oxygens (including phenoxy) is 1. The Balaban J connectivity index is 2.34. The van der Waals surface area contributed by atoms with Crippen molar-refractivity contribution < 1.29 is 14.6 Å². The van der Waals surface area contributed by atoms with Crippen LogP contribution in [0.3, 0.4) is 0 Å². The second kappa shape index (κ2) is 5.26. The van der Waals surface area contributed by atoms with Gasteiger partial charge in [0.1, 0.15) is 16.7 Å². The third-order valence-corrected chi connectivity index (χ3v) is 3.62. The Bertz CT molecular complexity index is 455. The molecule has 1 atom stereocenters. The Morgan fingerprint density at radius 1 is 1.50 bits per heavy atom. The molecule has 0 bridgehead atoms. The molecule has 0 radical (unpaired) electrons. The first-order valence-corrected chi connectivity index (χ1v) is 6.13. The van der Waals surface area contributed by atoms with E-state index in [1.807, 2.05) is 4.90 Å². The van der Waals surface area contributed by atoms with Gasteiger partial charge in [0.05, 0.1) is 13.2 Å². The summed E-state index contributed by atoms with van der Waals surface area (Å²) in [5.41, 5.74) is 0.408. The molecule has 1 fully saturated rings. The van der Waals surface area contributed by atoms with Gasteiger partial charge in [-0.3, -0.25) is 9.69 Å². The predicted octanol–water partition coefficient (Wildman–Crippen LogP) is 0.840. The Hall–Kier alpha value is -1.11. The van der Waals surface area contributed by atoms with Crippen molar-refractivity contribution in [2.45, 2.75) is 13.0 Å². The summed E-state index contributed by atoms with van der Waals surface area (Å²) in [6.45, 7) is 4.01. The van der Waals surface area contributed by atoms with Crippen molar-refractivity contribution >= 4 is 17.6 Å². The van der Waals surface area contributed by atoms with Gasteiger partial charge in [-0.25, -0.2) is 4.98 Å². The maximum atomic E-state index is 11.5. The lowest BCUT2D eigenvalue weighted by molar-refractivity contribution is -0.145. The number of rotatable bonds is 3. The summed E-state index contributed by atoms with van der Waals surface area (Å²) in [6.07, 6.45) is 0. The smallest absolute Gasteiger partial charge is 0.327 e. The number of hydrogen-bond acceptors (Lipinski definition) is 4. The molecule has 0 aliphatic carbocycles. The minimum Gasteiger partial charge on any atom is -0.480 e. The number of aromatic nitrogens is 2. The van der Waals surface area contributed by atoms with Gasteiger partial charge in [-0.05, 0) is 6.92 Å². The fraction of sp³-hybridized carbons (Fsp3) is 0.636. The second-order valence-corrected chi connectivity index (χ2v) is 4.64. The molecule has 0 amide bonds. The standard InChI is InChI=1S/C11H16ClN3O3/c1-7-13-8(10(12)14(7)2)9(11(16)17)15-3-5-18-6-4-15/h9H,3-6H2,1-2H3,(H,16,17). The van der Waals surface area contributed by atoms with E-state index in [2.05, 4.69) is 4.98 Å². The SMILES string of the molecule is Cc1nc(C(C(=O)O)N2CCOCC2)c(Cl)n1C. The number of nitrogens with zero attached hydrogens (tertiary/aromatic N) is 3. The Kier molecular flexibility index (Phi) is 3.89. The molecule has 6 nitrogen and oxygen atoms in total.